The number of thiazole rings is 1. The molecule has 0 saturated carbocycles. The molecule has 0 aliphatic carbocycles. The Morgan fingerprint density at radius 2 is 1.93 bits per heavy atom. The standard InChI is InChI=1S/C17H9ClF4N2O3S/c18-10-4-5-11-14(13(10)19)28-16(24(11)7-12(25)26)23-15(27)8-2-1-3-9(6-8)17(20,21)22/h1-6H,7H2,(H,25,26). The Labute approximate surface area is 163 Å². The number of carbonyl (C=O) groups is 2. The van der Waals surface area contributed by atoms with E-state index in [0.717, 1.165) is 22.8 Å². The minimum atomic E-state index is -4.64. The highest BCUT2D eigenvalue weighted by atomic mass is 35.5. The number of halogens is 5. The number of fused-ring (bicyclic) bond motifs is 1. The predicted molar refractivity (Wildman–Crippen MR) is 93.8 cm³/mol. The molecule has 3 aromatic rings. The Morgan fingerprint density at radius 1 is 1.21 bits per heavy atom. The average Bonchev–Trinajstić information content (AvgIpc) is 2.95. The molecule has 1 amide bonds. The van der Waals surface area contributed by atoms with Crippen molar-refractivity contribution in [2.75, 3.05) is 0 Å². The second-order valence-electron chi connectivity index (χ2n) is 5.57. The van der Waals surface area contributed by atoms with Crippen LogP contribution in [-0.4, -0.2) is 21.6 Å². The van der Waals surface area contributed by atoms with Gasteiger partial charge in [0, 0.05) is 5.56 Å². The summed E-state index contributed by atoms with van der Waals surface area (Å²) in [4.78, 5) is 27.0. The second-order valence-corrected chi connectivity index (χ2v) is 6.95. The summed E-state index contributed by atoms with van der Waals surface area (Å²) in [7, 11) is 0. The summed E-state index contributed by atoms with van der Waals surface area (Å²) in [6.45, 7) is -0.629. The van der Waals surface area contributed by atoms with Crippen molar-refractivity contribution in [3.8, 4) is 0 Å². The number of carboxylic acids is 1. The zero-order valence-corrected chi connectivity index (χ0v) is 15.2. The summed E-state index contributed by atoms with van der Waals surface area (Å²) in [6.07, 6.45) is -4.64. The Bertz CT molecular complexity index is 1170. The second kappa shape index (κ2) is 7.36. The molecule has 11 heteroatoms. The number of aromatic nitrogens is 1. The van der Waals surface area contributed by atoms with Crippen LogP contribution in [0.3, 0.4) is 0 Å². The van der Waals surface area contributed by atoms with Gasteiger partial charge in [-0.25, -0.2) is 4.39 Å². The number of rotatable bonds is 3. The fraction of sp³-hybridized carbons (Fsp3) is 0.118. The van der Waals surface area contributed by atoms with E-state index in [0.29, 0.717) is 17.4 Å². The number of benzene rings is 2. The van der Waals surface area contributed by atoms with E-state index in [2.05, 4.69) is 4.99 Å². The molecule has 0 fully saturated rings. The Morgan fingerprint density at radius 3 is 2.57 bits per heavy atom. The molecule has 3 rings (SSSR count). The highest BCUT2D eigenvalue weighted by Crippen LogP contribution is 2.30. The number of aliphatic carboxylic acids is 1. The molecular weight excluding hydrogens is 424 g/mol. The van der Waals surface area contributed by atoms with E-state index in [1.54, 1.807) is 0 Å². The quantitative estimate of drug-likeness (QED) is 0.626. The van der Waals surface area contributed by atoms with Crippen LogP contribution in [0.15, 0.2) is 41.4 Å². The van der Waals surface area contributed by atoms with Crippen LogP contribution in [-0.2, 0) is 17.5 Å². The molecule has 0 radical (unpaired) electrons. The van der Waals surface area contributed by atoms with Gasteiger partial charge in [0.25, 0.3) is 5.91 Å². The Balaban J connectivity index is 2.17. The molecule has 2 aromatic carbocycles. The normalized spacial score (nSPS) is 12.5. The first-order chi connectivity index (χ1) is 13.1. The van der Waals surface area contributed by atoms with Gasteiger partial charge >= 0.3 is 12.1 Å². The van der Waals surface area contributed by atoms with E-state index in [1.165, 1.54) is 12.1 Å². The van der Waals surface area contributed by atoms with E-state index in [-0.39, 0.29) is 25.6 Å². The molecule has 146 valence electrons. The number of amides is 1. The Kier molecular flexibility index (Phi) is 5.26. The van der Waals surface area contributed by atoms with Gasteiger partial charge in [0.15, 0.2) is 10.6 Å². The van der Waals surface area contributed by atoms with Crippen molar-refractivity contribution in [2.45, 2.75) is 12.7 Å². The third kappa shape index (κ3) is 3.92. The SMILES string of the molecule is O=C(O)Cn1c(=NC(=O)c2cccc(C(F)(F)F)c2)sc2c(F)c(Cl)ccc21. The number of carboxylic acid groups (broad SMARTS) is 1. The van der Waals surface area contributed by atoms with Crippen molar-refractivity contribution in [3.63, 3.8) is 0 Å². The van der Waals surface area contributed by atoms with Crippen LogP contribution in [0, 0.1) is 5.82 Å². The van der Waals surface area contributed by atoms with Gasteiger partial charge in [-0.2, -0.15) is 18.2 Å². The monoisotopic (exact) mass is 432 g/mol. The van der Waals surface area contributed by atoms with Crippen LogP contribution in [0.2, 0.25) is 5.02 Å². The van der Waals surface area contributed by atoms with Gasteiger partial charge in [0.05, 0.1) is 20.8 Å². The van der Waals surface area contributed by atoms with Gasteiger partial charge in [-0.1, -0.05) is 29.0 Å². The maximum absolute atomic E-state index is 14.2. The summed E-state index contributed by atoms with van der Waals surface area (Å²) in [5, 5.41) is 8.88. The largest absolute Gasteiger partial charge is 0.480 e. The van der Waals surface area contributed by atoms with E-state index in [1.807, 2.05) is 0 Å². The van der Waals surface area contributed by atoms with E-state index in [4.69, 9.17) is 16.7 Å². The van der Waals surface area contributed by atoms with Crippen molar-refractivity contribution < 1.29 is 32.3 Å². The molecule has 1 aromatic heterocycles. The molecular formula is C17H9ClF4N2O3S. The van der Waals surface area contributed by atoms with Crippen LogP contribution in [0.1, 0.15) is 15.9 Å². The zero-order valence-electron chi connectivity index (χ0n) is 13.6. The van der Waals surface area contributed by atoms with Gasteiger partial charge in [-0.05, 0) is 30.3 Å². The smallest absolute Gasteiger partial charge is 0.416 e. The average molecular weight is 433 g/mol. The first-order valence-corrected chi connectivity index (χ1v) is 8.73. The molecule has 0 saturated heterocycles. The van der Waals surface area contributed by atoms with Crippen molar-refractivity contribution in [1.29, 1.82) is 0 Å². The van der Waals surface area contributed by atoms with Crippen LogP contribution in [0.5, 0.6) is 0 Å². The van der Waals surface area contributed by atoms with Gasteiger partial charge in [0.1, 0.15) is 6.54 Å². The molecule has 0 spiro atoms. The van der Waals surface area contributed by atoms with Gasteiger partial charge in [-0.3, -0.25) is 9.59 Å². The number of hydrogen-bond acceptors (Lipinski definition) is 3. The lowest BCUT2D eigenvalue weighted by molar-refractivity contribution is -0.138. The Hall–Kier alpha value is -2.72. The van der Waals surface area contributed by atoms with E-state index >= 15 is 0 Å². The number of alkyl halides is 3. The number of nitrogens with zero attached hydrogens (tertiary/aromatic N) is 2. The van der Waals surface area contributed by atoms with E-state index in [9.17, 15) is 27.2 Å². The molecule has 0 unspecified atom stereocenters. The third-order valence-electron chi connectivity index (χ3n) is 3.67. The minimum Gasteiger partial charge on any atom is -0.480 e. The maximum Gasteiger partial charge on any atom is 0.416 e. The minimum absolute atomic E-state index is 0.0238. The molecule has 5 nitrogen and oxygen atoms in total. The maximum atomic E-state index is 14.2. The zero-order chi connectivity index (χ0) is 20.6. The predicted octanol–water partition coefficient (Wildman–Crippen LogP) is 4.34. The third-order valence-corrected chi connectivity index (χ3v) is 5.05. The lowest BCUT2D eigenvalue weighted by Gasteiger charge is -2.06. The van der Waals surface area contributed by atoms with Crippen LogP contribution in [0.25, 0.3) is 10.2 Å². The first kappa shape index (κ1) is 20.0. The molecule has 1 heterocycles. The summed E-state index contributed by atoms with van der Waals surface area (Å²) < 4.78 is 53.8. The fourth-order valence-electron chi connectivity index (χ4n) is 2.43. The fourth-order valence-corrected chi connectivity index (χ4v) is 3.71. The number of hydrogen-bond donors (Lipinski definition) is 1. The topological polar surface area (TPSA) is 71.7 Å². The molecule has 0 atom stereocenters. The summed E-state index contributed by atoms with van der Waals surface area (Å²) >= 11 is 6.39. The lowest BCUT2D eigenvalue weighted by Crippen LogP contribution is -2.21. The number of carbonyl (C=O) groups excluding carboxylic acids is 1. The molecule has 0 bridgehead atoms. The summed E-state index contributed by atoms with van der Waals surface area (Å²) in [5.74, 6) is -3.11. The van der Waals surface area contributed by atoms with Gasteiger partial charge in [-0.15, -0.1) is 0 Å². The summed E-state index contributed by atoms with van der Waals surface area (Å²) in [6, 6.07) is 6.24. The van der Waals surface area contributed by atoms with Crippen molar-refractivity contribution in [3.05, 3.63) is 63.2 Å². The van der Waals surface area contributed by atoms with E-state index < -0.39 is 36.0 Å². The van der Waals surface area contributed by atoms with Crippen LogP contribution >= 0.6 is 22.9 Å². The molecule has 0 aliphatic rings. The highest BCUT2D eigenvalue weighted by Gasteiger charge is 2.30. The summed E-state index contributed by atoms with van der Waals surface area (Å²) in [5.41, 5.74) is -1.22. The molecule has 28 heavy (non-hydrogen) atoms. The van der Waals surface area contributed by atoms with Crippen LogP contribution < -0.4 is 4.80 Å². The van der Waals surface area contributed by atoms with Crippen molar-refractivity contribution >= 4 is 45.0 Å². The molecule has 1 N–H and O–H groups in total. The van der Waals surface area contributed by atoms with Crippen molar-refractivity contribution in [1.82, 2.24) is 4.57 Å². The first-order valence-electron chi connectivity index (χ1n) is 7.53. The lowest BCUT2D eigenvalue weighted by atomic mass is 10.1. The van der Waals surface area contributed by atoms with Crippen LogP contribution in [0.4, 0.5) is 17.6 Å². The highest BCUT2D eigenvalue weighted by molar-refractivity contribution is 7.16. The molecule has 0 aliphatic heterocycles. The van der Waals surface area contributed by atoms with Crippen molar-refractivity contribution in [2.24, 2.45) is 4.99 Å². The van der Waals surface area contributed by atoms with Gasteiger partial charge in [0.2, 0.25) is 0 Å². The van der Waals surface area contributed by atoms with Gasteiger partial charge < -0.3 is 9.67 Å².